The van der Waals surface area contributed by atoms with E-state index in [0.29, 0.717) is 0 Å². The number of carbonyl (C=O) groups excluding carboxylic acids is 4. The summed E-state index contributed by atoms with van der Waals surface area (Å²) in [5.41, 5.74) is 0.503. The van der Waals surface area contributed by atoms with Crippen molar-refractivity contribution in [3.8, 4) is 0 Å². The lowest BCUT2D eigenvalue weighted by Gasteiger charge is -2.12. The van der Waals surface area contributed by atoms with Crippen molar-refractivity contribution < 1.29 is 23.9 Å². The molecule has 7 nitrogen and oxygen atoms in total. The molecule has 7 heteroatoms. The highest BCUT2D eigenvalue weighted by Gasteiger charge is 2.36. The van der Waals surface area contributed by atoms with Gasteiger partial charge in [0.2, 0.25) is 5.91 Å². The summed E-state index contributed by atoms with van der Waals surface area (Å²) in [6, 6.07) is 6.29. The first-order valence-electron chi connectivity index (χ1n) is 5.96. The molecule has 1 aromatic carbocycles. The van der Waals surface area contributed by atoms with Gasteiger partial charge in [0, 0.05) is 0 Å². The quantitative estimate of drug-likeness (QED) is 0.814. The molecule has 0 saturated carbocycles. The van der Waals surface area contributed by atoms with Crippen LogP contribution in [-0.2, 0) is 9.53 Å². The summed E-state index contributed by atoms with van der Waals surface area (Å²) in [5, 5.41) is 1.93. The summed E-state index contributed by atoms with van der Waals surface area (Å²) in [6.45, 7) is 1.19. The molecule has 104 valence electrons. The molecule has 1 aliphatic rings. The molecule has 1 heterocycles. The molecule has 1 N–H and O–H groups in total. The molecule has 4 amide bonds. The highest BCUT2D eigenvalue weighted by molar-refractivity contribution is 6.22. The molecule has 0 fully saturated rings. The van der Waals surface area contributed by atoms with Crippen LogP contribution < -0.4 is 5.32 Å². The minimum atomic E-state index is -0.908. The highest BCUT2D eigenvalue weighted by atomic mass is 16.5. The van der Waals surface area contributed by atoms with Crippen LogP contribution in [0.15, 0.2) is 24.3 Å². The summed E-state index contributed by atoms with van der Waals surface area (Å²) in [6.07, 6.45) is -0.908. The molecule has 0 unspecified atom stereocenters. The van der Waals surface area contributed by atoms with E-state index in [0.717, 1.165) is 4.90 Å². The van der Waals surface area contributed by atoms with Gasteiger partial charge in [0.05, 0.1) is 17.7 Å². The molecule has 1 aromatic rings. The van der Waals surface area contributed by atoms with E-state index in [1.54, 1.807) is 19.1 Å². The normalized spacial score (nSPS) is 13.2. The van der Waals surface area contributed by atoms with Gasteiger partial charge in [-0.3, -0.25) is 24.6 Å². The Morgan fingerprint density at radius 2 is 1.70 bits per heavy atom. The maximum Gasteiger partial charge on any atom is 0.413 e. The average Bonchev–Trinajstić information content (AvgIpc) is 2.65. The Labute approximate surface area is 114 Å². The van der Waals surface area contributed by atoms with Crippen LogP contribution in [0.25, 0.3) is 0 Å². The topological polar surface area (TPSA) is 92.8 Å². The number of hydrogen-bond donors (Lipinski definition) is 1. The monoisotopic (exact) mass is 276 g/mol. The van der Waals surface area contributed by atoms with Gasteiger partial charge in [0.1, 0.15) is 6.54 Å². The van der Waals surface area contributed by atoms with E-state index in [2.05, 4.69) is 4.74 Å². The zero-order chi connectivity index (χ0) is 14.7. The Bertz CT molecular complexity index is 561. The molecule has 20 heavy (non-hydrogen) atoms. The summed E-state index contributed by atoms with van der Waals surface area (Å²) < 4.78 is 4.53. The second-order valence-corrected chi connectivity index (χ2v) is 4.01. The van der Waals surface area contributed by atoms with E-state index >= 15 is 0 Å². The lowest BCUT2D eigenvalue weighted by molar-refractivity contribution is -0.120. The Hall–Kier alpha value is -2.70. The zero-order valence-electron chi connectivity index (χ0n) is 10.7. The minimum absolute atomic E-state index is 0.117. The van der Waals surface area contributed by atoms with Crippen LogP contribution in [0.4, 0.5) is 4.79 Å². The standard InChI is InChI=1S/C13H12N2O5/c1-2-20-13(19)14-10(16)7-15-11(17)8-5-3-4-6-9(8)12(15)18/h3-6H,2,7H2,1H3,(H,14,16,19). The fraction of sp³-hybridized carbons (Fsp3) is 0.231. The van der Waals surface area contributed by atoms with Gasteiger partial charge in [-0.05, 0) is 19.1 Å². The molecule has 0 atom stereocenters. The number of hydrogen-bond acceptors (Lipinski definition) is 5. The SMILES string of the molecule is CCOC(=O)NC(=O)CN1C(=O)c2ccccc2C1=O. The Morgan fingerprint density at radius 1 is 1.15 bits per heavy atom. The molecular formula is C13H12N2O5. The van der Waals surface area contributed by atoms with Crippen molar-refractivity contribution in [2.75, 3.05) is 13.2 Å². The predicted molar refractivity (Wildman–Crippen MR) is 67.0 cm³/mol. The summed E-state index contributed by atoms with van der Waals surface area (Å²) in [5.74, 6) is -1.88. The molecule has 0 radical (unpaired) electrons. The molecular weight excluding hydrogens is 264 g/mol. The zero-order valence-corrected chi connectivity index (χ0v) is 10.7. The van der Waals surface area contributed by atoms with E-state index in [4.69, 9.17) is 0 Å². The summed E-state index contributed by atoms with van der Waals surface area (Å²) in [4.78, 5) is 47.4. The molecule has 0 aromatic heterocycles. The molecule has 0 spiro atoms. The molecule has 0 aliphatic carbocycles. The third kappa shape index (κ3) is 2.51. The van der Waals surface area contributed by atoms with Crippen molar-refractivity contribution in [3.05, 3.63) is 35.4 Å². The van der Waals surface area contributed by atoms with Crippen molar-refractivity contribution in [3.63, 3.8) is 0 Å². The van der Waals surface area contributed by atoms with Gasteiger partial charge in [0.25, 0.3) is 11.8 Å². The lowest BCUT2D eigenvalue weighted by atomic mass is 10.1. The predicted octanol–water partition coefficient (Wildman–Crippen LogP) is 0.555. The van der Waals surface area contributed by atoms with Crippen LogP contribution in [0, 0.1) is 0 Å². The number of alkyl carbamates (subject to hydrolysis) is 1. The van der Waals surface area contributed by atoms with Gasteiger partial charge < -0.3 is 4.74 Å². The van der Waals surface area contributed by atoms with Crippen LogP contribution in [0.2, 0.25) is 0 Å². The largest absolute Gasteiger partial charge is 0.450 e. The van der Waals surface area contributed by atoms with E-state index in [9.17, 15) is 19.2 Å². The molecule has 0 bridgehead atoms. The van der Waals surface area contributed by atoms with Gasteiger partial charge in [0.15, 0.2) is 0 Å². The van der Waals surface area contributed by atoms with E-state index in [1.807, 2.05) is 5.32 Å². The summed E-state index contributed by atoms with van der Waals surface area (Å²) >= 11 is 0. The van der Waals surface area contributed by atoms with Gasteiger partial charge in [-0.15, -0.1) is 0 Å². The number of nitrogens with one attached hydrogen (secondary N) is 1. The fourth-order valence-electron chi connectivity index (χ4n) is 1.85. The van der Waals surface area contributed by atoms with Gasteiger partial charge in [-0.25, -0.2) is 4.79 Å². The average molecular weight is 276 g/mol. The first kappa shape index (κ1) is 13.7. The number of amides is 4. The van der Waals surface area contributed by atoms with Gasteiger partial charge in [-0.1, -0.05) is 12.1 Å². The van der Waals surface area contributed by atoms with Crippen molar-refractivity contribution >= 4 is 23.8 Å². The number of ether oxygens (including phenoxy) is 1. The second kappa shape index (κ2) is 5.52. The first-order valence-corrected chi connectivity index (χ1v) is 5.96. The Balaban J connectivity index is 2.05. The number of benzene rings is 1. The number of fused-ring (bicyclic) bond motifs is 1. The second-order valence-electron chi connectivity index (χ2n) is 4.01. The van der Waals surface area contributed by atoms with Crippen molar-refractivity contribution in [1.82, 2.24) is 10.2 Å². The number of rotatable bonds is 3. The van der Waals surface area contributed by atoms with Crippen LogP contribution >= 0.6 is 0 Å². The van der Waals surface area contributed by atoms with E-state index in [1.165, 1.54) is 12.1 Å². The maximum absolute atomic E-state index is 12.0. The Kier molecular flexibility index (Phi) is 3.79. The Morgan fingerprint density at radius 3 is 2.20 bits per heavy atom. The van der Waals surface area contributed by atoms with Crippen molar-refractivity contribution in [2.24, 2.45) is 0 Å². The molecule has 1 aliphatic heterocycles. The van der Waals surface area contributed by atoms with Gasteiger partial charge in [-0.2, -0.15) is 0 Å². The number of imide groups is 2. The van der Waals surface area contributed by atoms with Gasteiger partial charge >= 0.3 is 6.09 Å². The molecule has 2 rings (SSSR count). The van der Waals surface area contributed by atoms with E-state index < -0.39 is 30.4 Å². The van der Waals surface area contributed by atoms with Crippen LogP contribution in [0.3, 0.4) is 0 Å². The number of nitrogens with zero attached hydrogens (tertiary/aromatic N) is 1. The third-order valence-electron chi connectivity index (χ3n) is 2.70. The van der Waals surface area contributed by atoms with Crippen LogP contribution in [0.5, 0.6) is 0 Å². The summed E-state index contributed by atoms with van der Waals surface area (Å²) in [7, 11) is 0. The van der Waals surface area contributed by atoms with Crippen molar-refractivity contribution in [2.45, 2.75) is 6.92 Å². The highest BCUT2D eigenvalue weighted by Crippen LogP contribution is 2.21. The van der Waals surface area contributed by atoms with Crippen LogP contribution in [0.1, 0.15) is 27.6 Å². The third-order valence-corrected chi connectivity index (χ3v) is 2.70. The maximum atomic E-state index is 12.0. The fourth-order valence-corrected chi connectivity index (χ4v) is 1.85. The smallest absolute Gasteiger partial charge is 0.413 e. The number of carbonyl (C=O) groups is 4. The lowest BCUT2D eigenvalue weighted by Crippen LogP contribution is -2.42. The van der Waals surface area contributed by atoms with Crippen LogP contribution in [-0.4, -0.2) is 41.9 Å². The molecule has 0 saturated heterocycles. The van der Waals surface area contributed by atoms with E-state index in [-0.39, 0.29) is 17.7 Å². The minimum Gasteiger partial charge on any atom is -0.450 e. The van der Waals surface area contributed by atoms with Crippen molar-refractivity contribution in [1.29, 1.82) is 0 Å². The first-order chi connectivity index (χ1) is 9.54.